The molecule has 0 radical (unpaired) electrons. The molecule has 0 N–H and O–H groups in total. The molecule has 0 unspecified atom stereocenters. The molecule has 3 heterocycles. The molecule has 1 amide bonds. The minimum Gasteiger partial charge on any atom is -0.443 e. The van der Waals surface area contributed by atoms with Crippen molar-refractivity contribution in [3.05, 3.63) is 82.9 Å². The van der Waals surface area contributed by atoms with Crippen LogP contribution in [0.5, 0.6) is 0 Å². The van der Waals surface area contributed by atoms with Crippen LogP contribution in [0, 0.1) is 0 Å². The molecule has 2 aromatic carbocycles. The maximum Gasteiger partial charge on any atom is 0.411 e. The number of rotatable bonds is 1. The Morgan fingerprint density at radius 3 is 2.06 bits per heavy atom. The zero-order valence-electron chi connectivity index (χ0n) is 17.4. The second-order valence-corrected chi connectivity index (χ2v) is 9.79. The van der Waals surface area contributed by atoms with Crippen LogP contribution in [-0.4, -0.2) is 47.2 Å². The fourth-order valence-electron chi connectivity index (χ4n) is 7.12. The Labute approximate surface area is 180 Å². The van der Waals surface area contributed by atoms with Crippen LogP contribution in [0.2, 0.25) is 0 Å². The maximum absolute atomic E-state index is 13.4. The van der Waals surface area contributed by atoms with Gasteiger partial charge in [-0.15, -0.1) is 0 Å². The molecule has 31 heavy (non-hydrogen) atoms. The van der Waals surface area contributed by atoms with Gasteiger partial charge in [0.2, 0.25) is 0 Å². The van der Waals surface area contributed by atoms with Crippen molar-refractivity contribution in [3.8, 4) is 0 Å². The van der Waals surface area contributed by atoms with Gasteiger partial charge in [0.1, 0.15) is 18.2 Å². The van der Waals surface area contributed by atoms with Gasteiger partial charge in [-0.3, -0.25) is 9.69 Å². The number of carbonyl (C=O) groups excluding carboxylic acids is 2. The van der Waals surface area contributed by atoms with Gasteiger partial charge in [-0.2, -0.15) is 0 Å². The SMILES string of the molecule is CC12c3ccccc3C(C)(c3ccccc31)[C@@H]1[C@H]2OC(=O)N1[C@@H]1C(=O)C[C@@H]2C=C[C@H]1O2. The molecule has 0 saturated carbocycles. The van der Waals surface area contributed by atoms with E-state index in [0.29, 0.717) is 6.42 Å². The van der Waals surface area contributed by atoms with E-state index in [4.69, 9.17) is 9.47 Å². The van der Waals surface area contributed by atoms with Crippen LogP contribution < -0.4 is 0 Å². The molecule has 8 rings (SSSR count). The molecule has 5 atom stereocenters. The molecular formula is C26H23NO4. The fraction of sp³-hybridized carbons (Fsp3) is 0.385. The van der Waals surface area contributed by atoms with Gasteiger partial charge in [0.05, 0.1) is 17.6 Å². The van der Waals surface area contributed by atoms with Gasteiger partial charge in [-0.25, -0.2) is 4.79 Å². The molecular weight excluding hydrogens is 390 g/mol. The van der Waals surface area contributed by atoms with Gasteiger partial charge < -0.3 is 9.47 Å². The summed E-state index contributed by atoms with van der Waals surface area (Å²) in [6, 6.07) is 16.0. The van der Waals surface area contributed by atoms with Crippen molar-refractivity contribution < 1.29 is 19.1 Å². The van der Waals surface area contributed by atoms with E-state index in [1.54, 1.807) is 4.90 Å². The summed E-state index contributed by atoms with van der Waals surface area (Å²) in [5.41, 5.74) is 3.88. The Morgan fingerprint density at radius 1 is 0.871 bits per heavy atom. The van der Waals surface area contributed by atoms with Gasteiger partial charge in [0.25, 0.3) is 0 Å². The van der Waals surface area contributed by atoms with Gasteiger partial charge in [-0.05, 0) is 36.1 Å². The van der Waals surface area contributed by atoms with E-state index in [1.165, 1.54) is 22.3 Å². The van der Waals surface area contributed by atoms with Crippen LogP contribution in [0.3, 0.4) is 0 Å². The largest absolute Gasteiger partial charge is 0.443 e. The van der Waals surface area contributed by atoms with Crippen molar-refractivity contribution in [1.82, 2.24) is 4.90 Å². The highest BCUT2D eigenvalue weighted by Gasteiger charge is 2.70. The standard InChI is InChI=1S/C26H23NO4/c1-25-15-7-3-5-9-17(15)26(2,18-10-6-4-8-16(18)25)23-22(25)27(24(29)31-23)21-19(28)13-14-11-12-20(21)30-14/h3-12,14,20-23H,13H2,1-2H3/t14-,20+,21+,22-,23+,25?,26?/m0/s1. The molecule has 3 aliphatic carbocycles. The zero-order valence-corrected chi connectivity index (χ0v) is 17.4. The molecule has 3 aliphatic heterocycles. The first-order valence-electron chi connectivity index (χ1n) is 11.0. The zero-order chi connectivity index (χ0) is 21.1. The van der Waals surface area contributed by atoms with Crippen LogP contribution in [0.25, 0.3) is 0 Å². The second kappa shape index (κ2) is 5.46. The highest BCUT2D eigenvalue weighted by molar-refractivity contribution is 5.91. The summed E-state index contributed by atoms with van der Waals surface area (Å²) in [6.07, 6.45) is 2.84. The molecule has 156 valence electrons. The predicted molar refractivity (Wildman–Crippen MR) is 113 cm³/mol. The molecule has 2 fully saturated rings. The summed E-state index contributed by atoms with van der Waals surface area (Å²) in [7, 11) is 0. The van der Waals surface area contributed by atoms with Crippen molar-refractivity contribution in [3.63, 3.8) is 0 Å². The number of ether oxygens (including phenoxy) is 2. The van der Waals surface area contributed by atoms with E-state index in [-0.39, 0.29) is 24.0 Å². The fourth-order valence-corrected chi connectivity index (χ4v) is 7.12. The number of fused-ring (bicyclic) bond motifs is 2. The van der Waals surface area contributed by atoms with Crippen LogP contribution in [0.1, 0.15) is 42.5 Å². The number of ketones is 1. The van der Waals surface area contributed by atoms with Crippen LogP contribution >= 0.6 is 0 Å². The van der Waals surface area contributed by atoms with Crippen molar-refractivity contribution in [2.45, 2.75) is 61.5 Å². The monoisotopic (exact) mass is 413 g/mol. The Hall–Kier alpha value is -2.92. The lowest BCUT2D eigenvalue weighted by Crippen LogP contribution is -2.68. The lowest BCUT2D eigenvalue weighted by Gasteiger charge is -2.59. The van der Waals surface area contributed by atoms with E-state index in [9.17, 15) is 9.59 Å². The smallest absolute Gasteiger partial charge is 0.411 e. The second-order valence-electron chi connectivity index (χ2n) is 9.79. The van der Waals surface area contributed by atoms with E-state index < -0.39 is 29.1 Å². The highest BCUT2D eigenvalue weighted by Crippen LogP contribution is 2.63. The number of hydrogen-bond acceptors (Lipinski definition) is 4. The van der Waals surface area contributed by atoms with Gasteiger partial charge >= 0.3 is 6.09 Å². The molecule has 2 aromatic rings. The number of hydrogen-bond donors (Lipinski definition) is 0. The quantitative estimate of drug-likeness (QED) is 0.672. The number of carbonyl (C=O) groups is 2. The Bertz CT molecular complexity index is 1150. The lowest BCUT2D eigenvalue weighted by molar-refractivity contribution is -0.138. The van der Waals surface area contributed by atoms with E-state index in [0.717, 1.165) is 0 Å². The Kier molecular flexibility index (Phi) is 3.12. The van der Waals surface area contributed by atoms with Crippen molar-refractivity contribution in [2.24, 2.45) is 0 Å². The summed E-state index contributed by atoms with van der Waals surface area (Å²) in [6.45, 7) is 4.39. The van der Waals surface area contributed by atoms with Crippen molar-refractivity contribution in [1.29, 1.82) is 0 Å². The molecule has 5 nitrogen and oxygen atoms in total. The third-order valence-electron chi connectivity index (χ3n) is 8.47. The van der Waals surface area contributed by atoms with Crippen molar-refractivity contribution >= 4 is 11.9 Å². The van der Waals surface area contributed by atoms with Gasteiger partial charge in [0.15, 0.2) is 5.78 Å². The predicted octanol–water partition coefficient (Wildman–Crippen LogP) is 3.48. The maximum atomic E-state index is 13.4. The van der Waals surface area contributed by atoms with Crippen LogP contribution in [0.4, 0.5) is 4.79 Å². The molecule has 6 aliphatic rings. The number of nitrogens with zero attached hydrogens (tertiary/aromatic N) is 1. The highest BCUT2D eigenvalue weighted by atomic mass is 16.6. The average Bonchev–Trinajstić information content (AvgIpc) is 3.34. The Balaban J connectivity index is 1.50. The molecule has 0 aromatic heterocycles. The molecule has 5 heteroatoms. The van der Waals surface area contributed by atoms with Crippen molar-refractivity contribution in [2.75, 3.05) is 0 Å². The summed E-state index contributed by atoms with van der Waals surface area (Å²) in [4.78, 5) is 28.3. The van der Waals surface area contributed by atoms with Gasteiger partial charge in [-0.1, -0.05) is 60.7 Å². The first kappa shape index (κ1) is 17.7. The summed E-state index contributed by atoms with van der Waals surface area (Å²) >= 11 is 0. The minimum atomic E-state index is -0.642. The van der Waals surface area contributed by atoms with Crippen LogP contribution in [0.15, 0.2) is 60.7 Å². The number of Topliss-reactive ketones (excluding diaryl/α,β-unsaturated/α-hetero) is 1. The van der Waals surface area contributed by atoms with E-state index in [2.05, 4.69) is 62.4 Å². The molecule has 0 spiro atoms. The third kappa shape index (κ3) is 1.85. The normalized spacial score (nSPS) is 41.1. The number of amides is 1. The lowest BCUT2D eigenvalue weighted by atomic mass is 9.47. The topological polar surface area (TPSA) is 55.8 Å². The molecule has 2 saturated heterocycles. The Morgan fingerprint density at radius 2 is 1.45 bits per heavy atom. The number of benzene rings is 2. The third-order valence-corrected chi connectivity index (χ3v) is 8.47. The first-order valence-corrected chi connectivity index (χ1v) is 11.0. The first-order chi connectivity index (χ1) is 15.0. The summed E-state index contributed by atoms with van der Waals surface area (Å²) in [5.74, 6) is 0.0561. The minimum absolute atomic E-state index is 0.0561. The molecule has 4 bridgehead atoms. The van der Waals surface area contributed by atoms with E-state index in [1.807, 2.05) is 12.2 Å². The average molecular weight is 413 g/mol. The van der Waals surface area contributed by atoms with Crippen LogP contribution in [-0.2, 0) is 25.1 Å². The summed E-state index contributed by atoms with van der Waals surface area (Å²) in [5, 5.41) is 0. The van der Waals surface area contributed by atoms with Gasteiger partial charge in [0, 0.05) is 11.8 Å². The van der Waals surface area contributed by atoms with E-state index >= 15 is 0 Å². The summed E-state index contributed by atoms with van der Waals surface area (Å²) < 4.78 is 12.2.